The van der Waals surface area contributed by atoms with E-state index in [0.29, 0.717) is 17.7 Å². The summed E-state index contributed by atoms with van der Waals surface area (Å²) in [5.41, 5.74) is 0.654. The summed E-state index contributed by atoms with van der Waals surface area (Å²) in [4.78, 5) is 0. The van der Waals surface area contributed by atoms with Crippen LogP contribution in [-0.2, 0) is 4.74 Å². The van der Waals surface area contributed by atoms with Crippen LogP contribution in [0.15, 0.2) is 24.3 Å². The van der Waals surface area contributed by atoms with Gasteiger partial charge in [-0.2, -0.15) is 13.2 Å². The number of hydrogen-bond donors (Lipinski definition) is 1. The van der Waals surface area contributed by atoms with Crippen molar-refractivity contribution in [3.05, 3.63) is 29.8 Å². The molecule has 0 radical (unpaired) electrons. The Morgan fingerprint density at radius 1 is 1.26 bits per heavy atom. The summed E-state index contributed by atoms with van der Waals surface area (Å²) in [6.07, 6.45) is -4.00. The van der Waals surface area contributed by atoms with Crippen LogP contribution in [0.4, 0.5) is 13.2 Å². The van der Waals surface area contributed by atoms with E-state index in [-0.39, 0.29) is 6.61 Å². The van der Waals surface area contributed by atoms with Gasteiger partial charge in [-0.1, -0.05) is 17.9 Å². The molecule has 0 aliphatic rings. The lowest BCUT2D eigenvalue weighted by Gasteiger charge is -2.09. The van der Waals surface area contributed by atoms with Gasteiger partial charge in [-0.15, -0.1) is 0 Å². The highest BCUT2D eigenvalue weighted by Crippen LogP contribution is 2.16. The molecule has 0 spiro atoms. The Kier molecular flexibility index (Phi) is 6.19. The molecule has 104 valence electrons. The smallest absolute Gasteiger partial charge is 0.411 e. The number of aliphatic hydroxyl groups is 1. The van der Waals surface area contributed by atoms with E-state index < -0.39 is 19.6 Å². The minimum atomic E-state index is -4.36. The summed E-state index contributed by atoms with van der Waals surface area (Å²) in [5, 5.41) is 8.57. The number of ether oxygens (including phenoxy) is 2. The molecule has 0 fully saturated rings. The second kappa shape index (κ2) is 7.67. The number of alkyl halides is 3. The average molecular weight is 274 g/mol. The van der Waals surface area contributed by atoms with Crippen molar-refractivity contribution in [2.75, 3.05) is 20.0 Å². The predicted octanol–water partition coefficient (Wildman–Crippen LogP) is 2.34. The lowest BCUT2D eigenvalue weighted by Crippen LogP contribution is -2.19. The van der Waals surface area contributed by atoms with E-state index in [9.17, 15) is 13.2 Å². The largest absolute Gasteiger partial charge is 0.468 e. The molecule has 19 heavy (non-hydrogen) atoms. The van der Waals surface area contributed by atoms with E-state index in [4.69, 9.17) is 9.84 Å². The Morgan fingerprint density at radius 2 is 2.05 bits per heavy atom. The molecule has 1 rings (SSSR count). The van der Waals surface area contributed by atoms with E-state index in [0.717, 1.165) is 0 Å². The van der Waals surface area contributed by atoms with Crippen LogP contribution < -0.4 is 4.74 Å². The van der Waals surface area contributed by atoms with Crippen molar-refractivity contribution in [2.45, 2.75) is 12.6 Å². The normalized spacial score (nSPS) is 10.7. The maximum atomic E-state index is 11.8. The van der Waals surface area contributed by atoms with Crippen LogP contribution in [0.5, 0.6) is 5.75 Å². The Balaban J connectivity index is 2.43. The lowest BCUT2D eigenvalue weighted by molar-refractivity contribution is -0.186. The van der Waals surface area contributed by atoms with Gasteiger partial charge < -0.3 is 14.6 Å². The molecule has 0 heterocycles. The molecular formula is C13H13F3O3. The molecule has 0 aromatic heterocycles. The summed E-state index contributed by atoms with van der Waals surface area (Å²) in [6.45, 7) is -1.84. The summed E-state index contributed by atoms with van der Waals surface area (Å²) in [6, 6.07) is 6.57. The second-order valence-corrected chi connectivity index (χ2v) is 3.53. The van der Waals surface area contributed by atoms with Gasteiger partial charge in [0.05, 0.1) is 6.61 Å². The molecule has 1 N–H and O–H groups in total. The van der Waals surface area contributed by atoms with E-state index >= 15 is 0 Å². The number of rotatable bonds is 5. The Hall–Kier alpha value is -1.71. The maximum Gasteiger partial charge on any atom is 0.411 e. The summed E-state index contributed by atoms with van der Waals surface area (Å²) in [5.74, 6) is 5.89. The van der Waals surface area contributed by atoms with Crippen LogP contribution in [0.1, 0.15) is 12.0 Å². The van der Waals surface area contributed by atoms with E-state index in [2.05, 4.69) is 16.6 Å². The highest BCUT2D eigenvalue weighted by molar-refractivity contribution is 5.39. The molecule has 0 amide bonds. The maximum absolute atomic E-state index is 11.8. The third kappa shape index (κ3) is 7.34. The summed E-state index contributed by atoms with van der Waals surface area (Å²) < 4.78 is 44.7. The zero-order valence-corrected chi connectivity index (χ0v) is 10.0. The zero-order valence-electron chi connectivity index (χ0n) is 10.0. The third-order valence-electron chi connectivity index (χ3n) is 1.88. The lowest BCUT2D eigenvalue weighted by atomic mass is 10.2. The van der Waals surface area contributed by atoms with Crippen molar-refractivity contribution in [1.82, 2.24) is 0 Å². The first kappa shape index (κ1) is 15.3. The van der Waals surface area contributed by atoms with E-state index in [1.807, 2.05) is 0 Å². The van der Waals surface area contributed by atoms with Gasteiger partial charge in [0.15, 0.2) is 6.79 Å². The molecule has 1 aromatic rings. The molecule has 6 heteroatoms. The Bertz CT molecular complexity index is 446. The number of hydrogen-bond acceptors (Lipinski definition) is 3. The summed E-state index contributed by atoms with van der Waals surface area (Å²) >= 11 is 0. The van der Waals surface area contributed by atoms with Crippen molar-refractivity contribution in [1.29, 1.82) is 0 Å². The second-order valence-electron chi connectivity index (χ2n) is 3.53. The highest BCUT2D eigenvalue weighted by Gasteiger charge is 2.27. The number of benzene rings is 1. The quantitative estimate of drug-likeness (QED) is 0.509. The highest BCUT2D eigenvalue weighted by atomic mass is 19.4. The monoisotopic (exact) mass is 274 g/mol. The molecule has 0 bridgehead atoms. The van der Waals surface area contributed by atoms with Crippen molar-refractivity contribution in [3.8, 4) is 17.6 Å². The number of aliphatic hydroxyl groups excluding tert-OH is 1. The van der Waals surface area contributed by atoms with Crippen molar-refractivity contribution in [3.63, 3.8) is 0 Å². The first-order valence-electron chi connectivity index (χ1n) is 5.48. The van der Waals surface area contributed by atoms with Gasteiger partial charge in [-0.25, -0.2) is 0 Å². The van der Waals surface area contributed by atoms with E-state index in [1.54, 1.807) is 24.3 Å². The fourth-order valence-corrected chi connectivity index (χ4v) is 1.15. The van der Waals surface area contributed by atoms with Crippen LogP contribution in [0.25, 0.3) is 0 Å². The molecule has 0 aliphatic heterocycles. The first-order valence-corrected chi connectivity index (χ1v) is 5.48. The molecule has 3 nitrogen and oxygen atoms in total. The Labute approximate surface area is 109 Å². The summed E-state index contributed by atoms with van der Waals surface area (Å²) in [7, 11) is 0. The van der Waals surface area contributed by atoms with Gasteiger partial charge >= 0.3 is 6.18 Å². The van der Waals surface area contributed by atoms with E-state index in [1.165, 1.54) is 0 Å². The van der Waals surface area contributed by atoms with Gasteiger partial charge in [0.2, 0.25) is 0 Å². The fraction of sp³-hybridized carbons (Fsp3) is 0.385. The molecule has 0 saturated heterocycles. The average Bonchev–Trinajstić information content (AvgIpc) is 2.35. The SMILES string of the molecule is OCCC#Cc1cccc(OCOCC(F)(F)F)c1. The van der Waals surface area contributed by atoms with Crippen LogP contribution >= 0.6 is 0 Å². The zero-order chi connectivity index (χ0) is 14.1. The molecule has 1 aromatic carbocycles. The molecule has 0 atom stereocenters. The van der Waals surface area contributed by atoms with Crippen LogP contribution in [0.2, 0.25) is 0 Å². The van der Waals surface area contributed by atoms with Crippen LogP contribution in [0, 0.1) is 11.8 Å². The van der Waals surface area contributed by atoms with Crippen molar-refractivity contribution in [2.24, 2.45) is 0 Å². The Morgan fingerprint density at radius 3 is 2.74 bits per heavy atom. The van der Waals surface area contributed by atoms with Gasteiger partial charge in [0.25, 0.3) is 0 Å². The van der Waals surface area contributed by atoms with Gasteiger partial charge in [-0.05, 0) is 18.2 Å². The minimum absolute atomic E-state index is 0.0194. The molecular weight excluding hydrogens is 261 g/mol. The van der Waals surface area contributed by atoms with Crippen molar-refractivity contribution < 1.29 is 27.8 Å². The predicted molar refractivity (Wildman–Crippen MR) is 62.5 cm³/mol. The van der Waals surface area contributed by atoms with Gasteiger partial charge in [0, 0.05) is 12.0 Å². The molecule has 0 aliphatic carbocycles. The molecule has 0 saturated carbocycles. The van der Waals surface area contributed by atoms with Crippen LogP contribution in [-0.4, -0.2) is 31.3 Å². The topological polar surface area (TPSA) is 38.7 Å². The first-order chi connectivity index (χ1) is 9.01. The molecule has 0 unspecified atom stereocenters. The van der Waals surface area contributed by atoms with Gasteiger partial charge in [0.1, 0.15) is 12.4 Å². The van der Waals surface area contributed by atoms with Gasteiger partial charge in [-0.3, -0.25) is 0 Å². The minimum Gasteiger partial charge on any atom is -0.468 e. The fourth-order valence-electron chi connectivity index (χ4n) is 1.15. The van der Waals surface area contributed by atoms with Crippen LogP contribution in [0.3, 0.4) is 0 Å². The third-order valence-corrected chi connectivity index (χ3v) is 1.88. The van der Waals surface area contributed by atoms with Crippen molar-refractivity contribution >= 4 is 0 Å². The standard InChI is InChI=1S/C13H13F3O3/c14-13(15,16)9-18-10-19-12-6-3-5-11(8-12)4-1-2-7-17/h3,5-6,8,17H,2,7,9-10H2. The number of halogens is 3.